The van der Waals surface area contributed by atoms with Gasteiger partial charge in [-0.15, -0.1) is 0 Å². The van der Waals surface area contributed by atoms with Gasteiger partial charge in [-0.1, -0.05) is 27.7 Å². The molecular formula is C16H28N2O4. The van der Waals surface area contributed by atoms with E-state index in [1.165, 1.54) is 4.90 Å². The van der Waals surface area contributed by atoms with Gasteiger partial charge in [0, 0.05) is 26.6 Å². The fourth-order valence-electron chi connectivity index (χ4n) is 2.71. The molecule has 1 aliphatic rings. The first-order chi connectivity index (χ1) is 10.0. The van der Waals surface area contributed by atoms with E-state index in [-0.39, 0.29) is 23.8 Å². The average Bonchev–Trinajstić information content (AvgIpc) is 2.84. The molecule has 1 N–H and O–H groups in total. The Bertz CT molecular complexity index is 442. The van der Waals surface area contributed by atoms with Gasteiger partial charge in [0.2, 0.25) is 11.8 Å². The quantitative estimate of drug-likeness (QED) is 0.836. The zero-order chi connectivity index (χ0) is 17.1. The minimum Gasteiger partial charge on any atom is -0.481 e. The number of carbonyl (C=O) groups is 3. The minimum absolute atomic E-state index is 0.00281. The van der Waals surface area contributed by atoms with E-state index in [1.54, 1.807) is 18.9 Å². The van der Waals surface area contributed by atoms with Gasteiger partial charge in [0.25, 0.3) is 0 Å². The zero-order valence-corrected chi connectivity index (χ0v) is 14.3. The Kier molecular flexibility index (Phi) is 5.97. The Morgan fingerprint density at radius 1 is 1.32 bits per heavy atom. The van der Waals surface area contributed by atoms with Gasteiger partial charge in [0.15, 0.2) is 0 Å². The summed E-state index contributed by atoms with van der Waals surface area (Å²) in [6, 6.07) is -0.444. The molecule has 2 amide bonds. The first kappa shape index (κ1) is 18.5. The number of hydrogen-bond donors (Lipinski definition) is 1. The van der Waals surface area contributed by atoms with E-state index < -0.39 is 17.9 Å². The van der Waals surface area contributed by atoms with Gasteiger partial charge in [-0.3, -0.25) is 14.4 Å². The Morgan fingerprint density at radius 2 is 1.91 bits per heavy atom. The van der Waals surface area contributed by atoms with E-state index in [0.717, 1.165) is 6.42 Å². The highest BCUT2D eigenvalue weighted by Gasteiger charge is 2.37. The lowest BCUT2D eigenvalue weighted by Crippen LogP contribution is -2.48. The number of carbonyl (C=O) groups excluding carboxylic acids is 2. The third-order valence-electron chi connectivity index (χ3n) is 3.89. The topological polar surface area (TPSA) is 77.9 Å². The Balaban J connectivity index is 2.71. The molecule has 1 heterocycles. The summed E-state index contributed by atoms with van der Waals surface area (Å²) >= 11 is 0. The fourth-order valence-corrected chi connectivity index (χ4v) is 2.71. The highest BCUT2D eigenvalue weighted by Crippen LogP contribution is 2.25. The van der Waals surface area contributed by atoms with Crippen LogP contribution in [0, 0.1) is 11.3 Å². The number of amides is 2. The van der Waals surface area contributed by atoms with E-state index in [1.807, 2.05) is 20.8 Å². The summed E-state index contributed by atoms with van der Waals surface area (Å²) in [4.78, 5) is 38.9. The van der Waals surface area contributed by atoms with Crippen LogP contribution in [-0.2, 0) is 14.4 Å². The van der Waals surface area contributed by atoms with Crippen molar-refractivity contribution in [2.24, 2.45) is 11.3 Å². The van der Waals surface area contributed by atoms with Crippen LogP contribution in [0.15, 0.2) is 0 Å². The van der Waals surface area contributed by atoms with Crippen LogP contribution in [0.25, 0.3) is 0 Å². The van der Waals surface area contributed by atoms with Gasteiger partial charge in [0.05, 0.1) is 5.92 Å². The summed E-state index contributed by atoms with van der Waals surface area (Å²) in [5.74, 6) is -1.70. The van der Waals surface area contributed by atoms with Crippen molar-refractivity contribution in [3.8, 4) is 0 Å². The molecule has 1 aliphatic heterocycles. The third kappa shape index (κ3) is 5.00. The number of carboxylic acids is 1. The molecule has 2 atom stereocenters. The molecule has 22 heavy (non-hydrogen) atoms. The maximum atomic E-state index is 12.5. The molecule has 2 unspecified atom stereocenters. The predicted molar refractivity (Wildman–Crippen MR) is 83.2 cm³/mol. The second kappa shape index (κ2) is 7.11. The first-order valence-electron chi connectivity index (χ1n) is 7.80. The Labute approximate surface area is 132 Å². The van der Waals surface area contributed by atoms with Gasteiger partial charge in [0.1, 0.15) is 6.04 Å². The molecule has 0 spiro atoms. The largest absolute Gasteiger partial charge is 0.481 e. The number of carboxylic acid groups (broad SMARTS) is 1. The molecule has 6 heteroatoms. The highest BCUT2D eigenvalue weighted by molar-refractivity contribution is 5.88. The van der Waals surface area contributed by atoms with Crippen molar-refractivity contribution in [2.45, 2.75) is 53.0 Å². The lowest BCUT2D eigenvalue weighted by molar-refractivity contribution is -0.147. The van der Waals surface area contributed by atoms with Crippen LogP contribution in [-0.4, -0.2) is 58.9 Å². The summed E-state index contributed by atoms with van der Waals surface area (Å²) in [5.41, 5.74) is -0.114. The zero-order valence-electron chi connectivity index (χ0n) is 14.3. The van der Waals surface area contributed by atoms with Crippen LogP contribution in [0.2, 0.25) is 0 Å². The number of nitrogens with zero attached hydrogens (tertiary/aromatic N) is 2. The fraction of sp³-hybridized carbons (Fsp3) is 0.812. The molecule has 0 aromatic heterocycles. The number of rotatable bonds is 5. The van der Waals surface area contributed by atoms with Crippen LogP contribution in [0.4, 0.5) is 0 Å². The van der Waals surface area contributed by atoms with Crippen molar-refractivity contribution in [1.29, 1.82) is 0 Å². The molecular weight excluding hydrogens is 284 g/mol. The number of aliphatic carboxylic acids is 1. The molecule has 0 aromatic rings. The molecule has 0 saturated carbocycles. The standard InChI is InChI=1S/C16H28N2O4/c1-11(15(21)22)10-17(5)14(20)12-7-6-8-18(12)13(19)9-16(2,3)4/h11-12H,6-10H2,1-5H3,(H,21,22). The van der Waals surface area contributed by atoms with Crippen molar-refractivity contribution in [3.05, 3.63) is 0 Å². The summed E-state index contributed by atoms with van der Waals surface area (Å²) < 4.78 is 0. The maximum absolute atomic E-state index is 12.5. The first-order valence-corrected chi connectivity index (χ1v) is 7.80. The van der Waals surface area contributed by atoms with Crippen molar-refractivity contribution >= 4 is 17.8 Å². The van der Waals surface area contributed by atoms with Crippen LogP contribution < -0.4 is 0 Å². The van der Waals surface area contributed by atoms with Crippen LogP contribution in [0.5, 0.6) is 0 Å². The second-order valence-electron chi connectivity index (χ2n) is 7.44. The monoisotopic (exact) mass is 312 g/mol. The van der Waals surface area contributed by atoms with Crippen molar-refractivity contribution < 1.29 is 19.5 Å². The van der Waals surface area contributed by atoms with Crippen LogP contribution in [0.1, 0.15) is 47.0 Å². The predicted octanol–water partition coefficient (Wildman–Crippen LogP) is 1.59. The minimum atomic E-state index is -0.924. The summed E-state index contributed by atoms with van der Waals surface area (Å²) in [6.07, 6.45) is 1.88. The molecule has 1 rings (SSSR count). The number of likely N-dealkylation sites (tertiary alicyclic amines) is 1. The van der Waals surface area contributed by atoms with Gasteiger partial charge in [-0.25, -0.2) is 0 Å². The summed E-state index contributed by atoms with van der Waals surface area (Å²) in [7, 11) is 1.60. The Morgan fingerprint density at radius 3 is 2.41 bits per heavy atom. The molecule has 6 nitrogen and oxygen atoms in total. The third-order valence-corrected chi connectivity index (χ3v) is 3.89. The smallest absolute Gasteiger partial charge is 0.308 e. The molecule has 1 fully saturated rings. The van der Waals surface area contributed by atoms with E-state index >= 15 is 0 Å². The van der Waals surface area contributed by atoms with Crippen molar-refractivity contribution in [3.63, 3.8) is 0 Å². The maximum Gasteiger partial charge on any atom is 0.308 e. The lowest BCUT2D eigenvalue weighted by Gasteiger charge is -2.30. The highest BCUT2D eigenvalue weighted by atomic mass is 16.4. The average molecular weight is 312 g/mol. The number of likely N-dealkylation sites (N-methyl/N-ethyl adjacent to an activating group) is 1. The summed E-state index contributed by atoms with van der Waals surface area (Å²) in [5, 5.41) is 8.94. The second-order valence-corrected chi connectivity index (χ2v) is 7.44. The van der Waals surface area contributed by atoms with E-state index in [4.69, 9.17) is 5.11 Å². The molecule has 0 aliphatic carbocycles. The molecule has 0 bridgehead atoms. The molecule has 126 valence electrons. The molecule has 0 aromatic carbocycles. The Hall–Kier alpha value is -1.59. The SMILES string of the molecule is CC(CN(C)C(=O)C1CCCN1C(=O)CC(C)(C)C)C(=O)O. The van der Waals surface area contributed by atoms with Crippen LogP contribution >= 0.6 is 0 Å². The van der Waals surface area contributed by atoms with Gasteiger partial charge < -0.3 is 14.9 Å². The molecule has 1 saturated heterocycles. The van der Waals surface area contributed by atoms with E-state index in [9.17, 15) is 14.4 Å². The molecule has 0 radical (unpaired) electrons. The van der Waals surface area contributed by atoms with Gasteiger partial charge in [-0.05, 0) is 18.3 Å². The van der Waals surface area contributed by atoms with E-state index in [2.05, 4.69) is 0 Å². The van der Waals surface area contributed by atoms with E-state index in [0.29, 0.717) is 19.4 Å². The van der Waals surface area contributed by atoms with Crippen molar-refractivity contribution in [1.82, 2.24) is 9.80 Å². The van der Waals surface area contributed by atoms with Gasteiger partial charge >= 0.3 is 5.97 Å². The number of hydrogen-bond acceptors (Lipinski definition) is 3. The van der Waals surface area contributed by atoms with Gasteiger partial charge in [-0.2, -0.15) is 0 Å². The lowest BCUT2D eigenvalue weighted by atomic mass is 9.91. The normalized spacial score (nSPS) is 19.9. The van der Waals surface area contributed by atoms with Crippen LogP contribution in [0.3, 0.4) is 0 Å². The summed E-state index contributed by atoms with van der Waals surface area (Å²) in [6.45, 7) is 8.33. The van der Waals surface area contributed by atoms with Crippen molar-refractivity contribution in [2.75, 3.05) is 20.1 Å².